The SMILES string of the molecule is COC(=O)Nc1cc(-c2cc(-c3cc(NC(=O)C4=CC(C(C)(C)C#N)NC=C4)cnc3C)ccn2)ccn1. The molecule has 1 atom stereocenters. The van der Waals surface area contributed by atoms with E-state index in [0.29, 0.717) is 22.8 Å². The third-order valence-electron chi connectivity index (χ3n) is 6.10. The number of carbonyl (C=O) groups excluding carboxylic acids is 2. The Balaban J connectivity index is 1.58. The maximum atomic E-state index is 13.0. The van der Waals surface area contributed by atoms with E-state index >= 15 is 0 Å². The minimum absolute atomic E-state index is 0.295. The molecule has 4 heterocycles. The molecule has 10 heteroatoms. The lowest BCUT2D eigenvalue weighted by Gasteiger charge is -2.28. The number of rotatable bonds is 6. The van der Waals surface area contributed by atoms with Crippen LogP contribution in [0, 0.1) is 23.7 Å². The predicted octanol–water partition coefficient (Wildman–Crippen LogP) is 4.59. The van der Waals surface area contributed by atoms with Gasteiger partial charge in [0.2, 0.25) is 0 Å². The highest BCUT2D eigenvalue weighted by Crippen LogP contribution is 2.29. The number of nitrogens with zero attached hydrogens (tertiary/aromatic N) is 4. The first kappa shape index (κ1) is 26.0. The van der Waals surface area contributed by atoms with Crippen molar-refractivity contribution in [2.24, 2.45) is 5.41 Å². The van der Waals surface area contributed by atoms with E-state index in [-0.39, 0.29) is 11.9 Å². The average molecular weight is 510 g/mol. The van der Waals surface area contributed by atoms with Crippen molar-refractivity contribution in [2.45, 2.75) is 26.8 Å². The third-order valence-corrected chi connectivity index (χ3v) is 6.10. The fraction of sp³-hybridized carbons (Fsp3) is 0.214. The summed E-state index contributed by atoms with van der Waals surface area (Å²) in [6.45, 7) is 5.52. The van der Waals surface area contributed by atoms with Crippen molar-refractivity contribution in [3.05, 3.63) is 78.5 Å². The Morgan fingerprint density at radius 1 is 1.08 bits per heavy atom. The third kappa shape index (κ3) is 5.84. The molecule has 10 nitrogen and oxygen atoms in total. The molecule has 0 radical (unpaired) electrons. The molecule has 3 N–H and O–H groups in total. The van der Waals surface area contributed by atoms with Gasteiger partial charge in [-0.3, -0.25) is 20.1 Å². The topological polar surface area (TPSA) is 142 Å². The normalized spacial score (nSPS) is 14.5. The molecule has 1 aliphatic heterocycles. The van der Waals surface area contributed by atoms with Crippen LogP contribution in [-0.2, 0) is 9.53 Å². The molecular formula is C28H27N7O3. The summed E-state index contributed by atoms with van der Waals surface area (Å²) in [5.74, 6) is 0.0432. The molecule has 0 aliphatic carbocycles. The number of aromatic nitrogens is 3. The zero-order valence-electron chi connectivity index (χ0n) is 21.4. The summed E-state index contributed by atoms with van der Waals surface area (Å²) in [6.07, 6.45) is 9.37. The summed E-state index contributed by atoms with van der Waals surface area (Å²) < 4.78 is 4.63. The second-order valence-electron chi connectivity index (χ2n) is 9.22. The molecule has 2 amide bonds. The number of nitrogens with one attached hydrogen (secondary N) is 3. The highest BCUT2D eigenvalue weighted by Gasteiger charge is 2.29. The van der Waals surface area contributed by atoms with E-state index in [1.165, 1.54) is 7.11 Å². The molecule has 4 rings (SSSR count). The minimum atomic E-state index is -0.682. The second-order valence-corrected chi connectivity index (χ2v) is 9.22. The molecule has 0 aromatic carbocycles. The summed E-state index contributed by atoms with van der Waals surface area (Å²) in [4.78, 5) is 37.6. The standard InChI is InChI=1S/C28H27N7O3/c1-17-22(18-5-8-30-23(11-18)19-6-10-32-25(13-19)35-27(37)38-4)14-21(15-33-17)34-26(36)20-7-9-31-24(12-20)28(2,3)16-29/h5-15,24,31H,1-4H3,(H,34,36)(H,32,35,37). The molecule has 0 saturated carbocycles. The highest BCUT2D eigenvalue weighted by molar-refractivity contribution is 6.06. The Hall–Kier alpha value is -5.04. The summed E-state index contributed by atoms with van der Waals surface area (Å²) in [5.41, 5.74) is 4.19. The number of anilines is 2. The first-order valence-electron chi connectivity index (χ1n) is 11.8. The number of pyridine rings is 3. The van der Waals surface area contributed by atoms with E-state index in [0.717, 1.165) is 22.4 Å². The molecule has 0 saturated heterocycles. The van der Waals surface area contributed by atoms with Gasteiger partial charge in [0.15, 0.2) is 0 Å². The van der Waals surface area contributed by atoms with Crippen LogP contribution < -0.4 is 16.0 Å². The summed E-state index contributed by atoms with van der Waals surface area (Å²) >= 11 is 0. The molecule has 1 aliphatic rings. The molecular weight excluding hydrogens is 482 g/mol. The van der Waals surface area contributed by atoms with E-state index in [1.54, 1.807) is 49.1 Å². The van der Waals surface area contributed by atoms with Crippen molar-refractivity contribution in [3.8, 4) is 28.5 Å². The fourth-order valence-electron chi connectivity index (χ4n) is 3.83. The summed E-state index contributed by atoms with van der Waals surface area (Å²) in [7, 11) is 1.28. The van der Waals surface area contributed by atoms with E-state index in [4.69, 9.17) is 0 Å². The number of dihydropyridines is 1. The van der Waals surface area contributed by atoms with Crippen LogP contribution in [0.4, 0.5) is 16.3 Å². The molecule has 0 bridgehead atoms. The van der Waals surface area contributed by atoms with Crippen LogP contribution >= 0.6 is 0 Å². The van der Waals surface area contributed by atoms with Gasteiger partial charge in [0.1, 0.15) is 5.82 Å². The van der Waals surface area contributed by atoms with E-state index in [9.17, 15) is 14.9 Å². The van der Waals surface area contributed by atoms with Crippen molar-refractivity contribution in [3.63, 3.8) is 0 Å². The monoisotopic (exact) mass is 509 g/mol. The van der Waals surface area contributed by atoms with Gasteiger partial charge in [-0.15, -0.1) is 0 Å². The Morgan fingerprint density at radius 3 is 2.61 bits per heavy atom. The molecule has 1 unspecified atom stereocenters. The smallest absolute Gasteiger partial charge is 0.412 e. The number of nitriles is 1. The molecule has 3 aromatic rings. The number of amides is 2. The Kier molecular flexibility index (Phi) is 7.48. The van der Waals surface area contributed by atoms with Gasteiger partial charge in [-0.25, -0.2) is 9.78 Å². The van der Waals surface area contributed by atoms with Gasteiger partial charge < -0.3 is 15.4 Å². The highest BCUT2D eigenvalue weighted by atomic mass is 16.5. The fourth-order valence-corrected chi connectivity index (χ4v) is 3.83. The van der Waals surface area contributed by atoms with Gasteiger partial charge >= 0.3 is 6.09 Å². The van der Waals surface area contributed by atoms with Gasteiger partial charge in [-0.05, 0) is 75.0 Å². The van der Waals surface area contributed by atoms with Crippen LogP contribution in [0.1, 0.15) is 19.5 Å². The van der Waals surface area contributed by atoms with Crippen LogP contribution in [0.2, 0.25) is 0 Å². The molecule has 0 spiro atoms. The first-order valence-corrected chi connectivity index (χ1v) is 11.8. The van der Waals surface area contributed by atoms with Crippen molar-refractivity contribution < 1.29 is 14.3 Å². The largest absolute Gasteiger partial charge is 0.453 e. The predicted molar refractivity (Wildman–Crippen MR) is 144 cm³/mol. The maximum Gasteiger partial charge on any atom is 0.412 e. The van der Waals surface area contributed by atoms with Gasteiger partial charge in [-0.2, -0.15) is 5.26 Å². The second kappa shape index (κ2) is 10.9. The number of ether oxygens (including phenoxy) is 1. The van der Waals surface area contributed by atoms with Gasteiger partial charge in [0.25, 0.3) is 5.91 Å². The lowest BCUT2D eigenvalue weighted by Crippen LogP contribution is -2.39. The molecule has 0 fully saturated rings. The lowest BCUT2D eigenvalue weighted by molar-refractivity contribution is -0.112. The number of carbonyl (C=O) groups is 2. The minimum Gasteiger partial charge on any atom is -0.453 e. The van der Waals surface area contributed by atoms with Gasteiger partial charge in [0.05, 0.1) is 42.2 Å². The van der Waals surface area contributed by atoms with E-state index in [2.05, 4.69) is 41.7 Å². The number of hydrogen-bond acceptors (Lipinski definition) is 8. The molecule has 192 valence electrons. The van der Waals surface area contributed by atoms with E-state index in [1.807, 2.05) is 39.0 Å². The number of aryl methyl sites for hydroxylation is 1. The van der Waals surface area contributed by atoms with Crippen LogP contribution in [-0.4, -0.2) is 40.1 Å². The van der Waals surface area contributed by atoms with E-state index < -0.39 is 11.5 Å². The van der Waals surface area contributed by atoms with Crippen molar-refractivity contribution in [1.29, 1.82) is 5.26 Å². The van der Waals surface area contributed by atoms with Crippen molar-refractivity contribution in [2.75, 3.05) is 17.7 Å². The quantitative estimate of drug-likeness (QED) is 0.438. The molecule has 3 aromatic heterocycles. The number of hydrogen-bond donors (Lipinski definition) is 3. The van der Waals surface area contributed by atoms with Crippen molar-refractivity contribution >= 4 is 23.5 Å². The van der Waals surface area contributed by atoms with Crippen LogP contribution in [0.5, 0.6) is 0 Å². The average Bonchev–Trinajstić information content (AvgIpc) is 2.94. The Bertz CT molecular complexity index is 1490. The summed E-state index contributed by atoms with van der Waals surface area (Å²) in [6, 6.07) is 11.1. The zero-order chi connectivity index (χ0) is 27.3. The Morgan fingerprint density at radius 2 is 1.84 bits per heavy atom. The maximum absolute atomic E-state index is 13.0. The van der Waals surface area contributed by atoms with Crippen LogP contribution in [0.3, 0.4) is 0 Å². The van der Waals surface area contributed by atoms with Crippen LogP contribution in [0.15, 0.2) is 72.8 Å². The molecule has 38 heavy (non-hydrogen) atoms. The lowest BCUT2D eigenvalue weighted by atomic mass is 9.84. The first-order chi connectivity index (χ1) is 18.2. The van der Waals surface area contributed by atoms with Gasteiger partial charge in [0, 0.05) is 34.8 Å². The van der Waals surface area contributed by atoms with Crippen LogP contribution in [0.25, 0.3) is 22.4 Å². The number of methoxy groups -OCH3 is 1. The zero-order valence-corrected chi connectivity index (χ0v) is 21.4. The Labute approximate surface area is 220 Å². The summed E-state index contributed by atoms with van der Waals surface area (Å²) in [5, 5.41) is 18.0. The van der Waals surface area contributed by atoms with Gasteiger partial charge in [-0.1, -0.05) is 0 Å². The van der Waals surface area contributed by atoms with Crippen molar-refractivity contribution in [1.82, 2.24) is 20.3 Å².